The van der Waals surface area contributed by atoms with Crippen molar-refractivity contribution in [1.82, 2.24) is 10.2 Å². The summed E-state index contributed by atoms with van der Waals surface area (Å²) in [5, 5.41) is 3.38. The maximum atomic E-state index is 11.8. The molecule has 0 bridgehead atoms. The number of amides is 1. The largest absolute Gasteiger partial charge is 0.465 e. The van der Waals surface area contributed by atoms with E-state index in [2.05, 4.69) is 10.2 Å². The number of nitrogens with one attached hydrogen (secondary N) is 1. The van der Waals surface area contributed by atoms with E-state index in [1.807, 2.05) is 6.92 Å². The van der Waals surface area contributed by atoms with Crippen molar-refractivity contribution >= 4 is 28.2 Å². The lowest BCUT2D eigenvalue weighted by Gasteiger charge is -2.26. The highest BCUT2D eigenvalue weighted by Crippen LogP contribution is 2.35. The minimum Gasteiger partial charge on any atom is -0.465 e. The molecule has 1 amide bonds. The van der Waals surface area contributed by atoms with Gasteiger partial charge >= 0.3 is 5.97 Å². The molecule has 2 rings (SSSR count). The first-order valence-electron chi connectivity index (χ1n) is 7.04. The number of esters is 1. The van der Waals surface area contributed by atoms with Gasteiger partial charge in [0.2, 0.25) is 5.91 Å². The normalized spacial score (nSPS) is 14.6. The van der Waals surface area contributed by atoms with Crippen LogP contribution in [-0.4, -0.2) is 43.5 Å². The fraction of sp³-hybridized carbons (Fsp3) is 0.571. The number of fused-ring (bicyclic) bond motifs is 1. The molecule has 1 aromatic heterocycles. The van der Waals surface area contributed by atoms with Gasteiger partial charge < -0.3 is 15.8 Å². The summed E-state index contributed by atoms with van der Waals surface area (Å²) < 4.78 is 4.79. The summed E-state index contributed by atoms with van der Waals surface area (Å²) in [7, 11) is 1.36. The Bertz CT molecular complexity index is 542. The van der Waals surface area contributed by atoms with Gasteiger partial charge in [0.25, 0.3) is 0 Å². The number of rotatable bonds is 5. The van der Waals surface area contributed by atoms with E-state index in [0.29, 0.717) is 36.6 Å². The summed E-state index contributed by atoms with van der Waals surface area (Å²) in [6.45, 7) is 4.50. The molecule has 3 N–H and O–H groups in total. The van der Waals surface area contributed by atoms with Gasteiger partial charge in [0, 0.05) is 24.5 Å². The molecule has 0 aromatic carbocycles. The van der Waals surface area contributed by atoms with Gasteiger partial charge in [0.15, 0.2) is 0 Å². The number of nitrogens with zero attached hydrogens (tertiary/aromatic N) is 1. The molecule has 0 atom stereocenters. The molecule has 0 fully saturated rings. The van der Waals surface area contributed by atoms with E-state index < -0.39 is 0 Å². The molecule has 21 heavy (non-hydrogen) atoms. The molecule has 0 spiro atoms. The second kappa shape index (κ2) is 6.91. The second-order valence-corrected chi connectivity index (χ2v) is 6.18. The van der Waals surface area contributed by atoms with Crippen molar-refractivity contribution in [1.29, 1.82) is 0 Å². The molecule has 0 radical (unpaired) electrons. The van der Waals surface area contributed by atoms with Crippen molar-refractivity contribution in [2.24, 2.45) is 0 Å². The first-order valence-corrected chi connectivity index (χ1v) is 7.85. The first-order chi connectivity index (χ1) is 10.1. The van der Waals surface area contributed by atoms with Gasteiger partial charge in [-0.25, -0.2) is 4.79 Å². The van der Waals surface area contributed by atoms with E-state index in [1.165, 1.54) is 18.4 Å². The van der Waals surface area contributed by atoms with E-state index in [9.17, 15) is 9.59 Å². The molecule has 1 aromatic rings. The van der Waals surface area contributed by atoms with Crippen LogP contribution in [0.1, 0.15) is 34.1 Å². The van der Waals surface area contributed by atoms with Crippen LogP contribution in [0.4, 0.5) is 5.00 Å². The predicted molar refractivity (Wildman–Crippen MR) is 82.4 cm³/mol. The number of carbonyl (C=O) groups excluding carboxylic acids is 2. The number of hydrogen-bond donors (Lipinski definition) is 2. The van der Waals surface area contributed by atoms with Crippen LogP contribution in [0, 0.1) is 0 Å². The first kappa shape index (κ1) is 15.8. The summed E-state index contributed by atoms with van der Waals surface area (Å²) in [5.41, 5.74) is 7.42. The highest BCUT2D eigenvalue weighted by atomic mass is 32.1. The van der Waals surface area contributed by atoms with Crippen molar-refractivity contribution < 1.29 is 14.3 Å². The van der Waals surface area contributed by atoms with Gasteiger partial charge in [-0.1, -0.05) is 6.92 Å². The number of anilines is 1. The summed E-state index contributed by atoms with van der Waals surface area (Å²) >= 11 is 1.41. The van der Waals surface area contributed by atoms with E-state index >= 15 is 0 Å². The van der Waals surface area contributed by atoms with Gasteiger partial charge in [-0.2, -0.15) is 0 Å². The Hall–Kier alpha value is -1.60. The molecular formula is C14H21N3O3S. The Kier molecular flexibility index (Phi) is 5.19. The van der Waals surface area contributed by atoms with Crippen molar-refractivity contribution in [3.63, 3.8) is 0 Å². The van der Waals surface area contributed by atoms with Crippen LogP contribution in [0.25, 0.3) is 0 Å². The van der Waals surface area contributed by atoms with Crippen molar-refractivity contribution in [2.75, 3.05) is 32.5 Å². The number of nitrogens with two attached hydrogens (primary N) is 1. The minimum absolute atomic E-state index is 0.0398. The standard InChI is InChI=1S/C14H21N3O3S/c1-3-5-16-11(18)8-17-6-4-9-10(7-17)21-13(15)12(9)14(19)20-2/h3-8,15H2,1-2H3,(H,16,18). The Morgan fingerprint density at radius 2 is 2.24 bits per heavy atom. The maximum absolute atomic E-state index is 11.8. The molecule has 6 nitrogen and oxygen atoms in total. The zero-order valence-corrected chi connectivity index (χ0v) is 13.2. The molecule has 1 aliphatic rings. The fourth-order valence-corrected chi connectivity index (χ4v) is 3.61. The summed E-state index contributed by atoms with van der Waals surface area (Å²) in [6, 6.07) is 0. The highest BCUT2D eigenvalue weighted by Gasteiger charge is 2.27. The van der Waals surface area contributed by atoms with Crippen LogP contribution >= 0.6 is 11.3 Å². The Labute approximate surface area is 128 Å². The third kappa shape index (κ3) is 3.54. The molecule has 1 aliphatic heterocycles. The van der Waals surface area contributed by atoms with Crippen LogP contribution in [0.15, 0.2) is 0 Å². The number of methoxy groups -OCH3 is 1. The topological polar surface area (TPSA) is 84.7 Å². The number of hydrogen-bond acceptors (Lipinski definition) is 6. The lowest BCUT2D eigenvalue weighted by molar-refractivity contribution is -0.122. The van der Waals surface area contributed by atoms with Crippen LogP contribution in [0.2, 0.25) is 0 Å². The molecule has 0 saturated heterocycles. The van der Waals surface area contributed by atoms with Crippen LogP contribution in [-0.2, 0) is 22.5 Å². The van der Waals surface area contributed by atoms with Gasteiger partial charge in [0.05, 0.1) is 19.2 Å². The van der Waals surface area contributed by atoms with E-state index in [4.69, 9.17) is 10.5 Å². The zero-order chi connectivity index (χ0) is 15.4. The van der Waals surface area contributed by atoms with E-state index in [0.717, 1.165) is 23.4 Å². The maximum Gasteiger partial charge on any atom is 0.341 e. The van der Waals surface area contributed by atoms with Crippen molar-refractivity contribution in [2.45, 2.75) is 26.3 Å². The van der Waals surface area contributed by atoms with Gasteiger partial charge in [-0.3, -0.25) is 9.69 Å². The molecule has 0 unspecified atom stereocenters. The lowest BCUT2D eigenvalue weighted by atomic mass is 10.0. The van der Waals surface area contributed by atoms with Crippen molar-refractivity contribution in [3.05, 3.63) is 16.0 Å². The average molecular weight is 311 g/mol. The molecule has 0 aliphatic carbocycles. The zero-order valence-electron chi connectivity index (χ0n) is 12.4. The Balaban J connectivity index is 2.05. The quantitative estimate of drug-likeness (QED) is 0.793. The Morgan fingerprint density at radius 3 is 2.90 bits per heavy atom. The molecule has 0 saturated carbocycles. The molecular weight excluding hydrogens is 290 g/mol. The average Bonchev–Trinajstić information content (AvgIpc) is 2.79. The second-order valence-electron chi connectivity index (χ2n) is 5.05. The fourth-order valence-electron chi connectivity index (χ4n) is 2.46. The van der Waals surface area contributed by atoms with Crippen LogP contribution in [0.3, 0.4) is 0 Å². The van der Waals surface area contributed by atoms with E-state index in [-0.39, 0.29) is 11.9 Å². The third-order valence-electron chi connectivity index (χ3n) is 3.49. The van der Waals surface area contributed by atoms with Crippen molar-refractivity contribution in [3.8, 4) is 0 Å². The summed E-state index contributed by atoms with van der Waals surface area (Å²) in [6.07, 6.45) is 1.65. The van der Waals surface area contributed by atoms with Gasteiger partial charge in [0.1, 0.15) is 5.00 Å². The number of carbonyl (C=O) groups is 2. The Morgan fingerprint density at radius 1 is 1.48 bits per heavy atom. The number of ether oxygens (including phenoxy) is 1. The monoisotopic (exact) mass is 311 g/mol. The van der Waals surface area contributed by atoms with Crippen LogP contribution in [0.5, 0.6) is 0 Å². The highest BCUT2D eigenvalue weighted by molar-refractivity contribution is 7.16. The number of nitrogen functional groups attached to an aromatic ring is 1. The molecule has 116 valence electrons. The SMILES string of the molecule is CCCNC(=O)CN1CCc2c(sc(N)c2C(=O)OC)C1. The lowest BCUT2D eigenvalue weighted by Crippen LogP contribution is -2.39. The van der Waals surface area contributed by atoms with Crippen LogP contribution < -0.4 is 11.1 Å². The molecule has 2 heterocycles. The number of thiophene rings is 1. The minimum atomic E-state index is -0.376. The predicted octanol–water partition coefficient (Wildman–Crippen LogP) is 1.00. The smallest absolute Gasteiger partial charge is 0.341 e. The van der Waals surface area contributed by atoms with Gasteiger partial charge in [-0.05, 0) is 18.4 Å². The van der Waals surface area contributed by atoms with Gasteiger partial charge in [-0.15, -0.1) is 11.3 Å². The van der Waals surface area contributed by atoms with E-state index in [1.54, 1.807) is 0 Å². The molecule has 7 heteroatoms. The third-order valence-corrected chi connectivity index (χ3v) is 4.54. The summed E-state index contributed by atoms with van der Waals surface area (Å²) in [4.78, 5) is 26.7. The summed E-state index contributed by atoms with van der Waals surface area (Å²) in [5.74, 6) is -0.336.